The number of allylic oxidation sites excluding steroid dienone is 3. The van der Waals surface area contributed by atoms with Crippen molar-refractivity contribution in [3.8, 4) is 0 Å². The van der Waals surface area contributed by atoms with E-state index in [1.54, 1.807) is 25.7 Å². The number of carbonyl (C=O) groups excluding carboxylic acids is 2. The minimum atomic E-state index is -1.26. The third kappa shape index (κ3) is 13.4. The first-order valence-electron chi connectivity index (χ1n) is 15.4. The van der Waals surface area contributed by atoms with Gasteiger partial charge in [-0.05, 0) is 110 Å². The Morgan fingerprint density at radius 2 is 1.42 bits per heavy atom. The zero-order valence-corrected chi connectivity index (χ0v) is 26.8. The molecule has 0 aliphatic heterocycles. The minimum Gasteiger partial charge on any atom is -0.478 e. The van der Waals surface area contributed by atoms with Crippen LogP contribution in [0.1, 0.15) is 86.5 Å². The van der Waals surface area contributed by atoms with Gasteiger partial charge >= 0.3 is 24.0 Å². The Bertz CT molecular complexity index is 1010. The summed E-state index contributed by atoms with van der Waals surface area (Å²) < 4.78 is 10.5. The van der Waals surface area contributed by atoms with Crippen molar-refractivity contribution < 1.29 is 38.9 Å². The molecule has 0 radical (unpaired) electrons. The van der Waals surface area contributed by atoms with Crippen molar-refractivity contribution in [2.24, 2.45) is 29.1 Å². The van der Waals surface area contributed by atoms with E-state index < -0.39 is 23.4 Å². The number of carboxylic acid groups (broad SMARTS) is 2. The van der Waals surface area contributed by atoms with Crippen molar-refractivity contribution in [3.05, 3.63) is 35.5 Å². The Hall–Kier alpha value is -3.14. The standard InChI is InChI=1S/C29H48N2O4.C4H4O4/c1-20(2)8-7-9-21(3)10-12-31(28(33)35-19-34-27(32)29(4,5)6)13-11-30-26-24-15-22-14-23(17-24)18-25(26)16-22;5-3(6)1-2-4(7)8/h8,10,22-26,30H,7,9,11-19H2,1-6H3;1-2H,(H,5,6)(H,7,8)/b21-10+;2-1-. The number of carboxylic acids is 2. The van der Waals surface area contributed by atoms with Crippen molar-refractivity contribution in [1.29, 1.82) is 0 Å². The largest absolute Gasteiger partial charge is 0.478 e. The monoisotopic (exact) mass is 604 g/mol. The van der Waals surface area contributed by atoms with E-state index in [1.807, 2.05) is 0 Å². The lowest BCUT2D eigenvalue weighted by Gasteiger charge is -2.54. The van der Waals surface area contributed by atoms with Gasteiger partial charge < -0.3 is 29.9 Å². The molecule has 0 atom stereocenters. The van der Waals surface area contributed by atoms with E-state index >= 15 is 0 Å². The van der Waals surface area contributed by atoms with Gasteiger partial charge in [0.1, 0.15) is 0 Å². The second kappa shape index (κ2) is 17.2. The van der Waals surface area contributed by atoms with E-state index in [0.29, 0.717) is 31.3 Å². The number of ether oxygens (including phenoxy) is 2. The highest BCUT2D eigenvalue weighted by atomic mass is 16.7. The van der Waals surface area contributed by atoms with E-state index in [-0.39, 0.29) is 12.8 Å². The van der Waals surface area contributed by atoms with Gasteiger partial charge in [0.05, 0.1) is 5.41 Å². The molecule has 10 nitrogen and oxygen atoms in total. The average molecular weight is 605 g/mol. The molecule has 4 rings (SSSR count). The lowest BCUT2D eigenvalue weighted by atomic mass is 9.54. The van der Waals surface area contributed by atoms with Crippen LogP contribution in [-0.2, 0) is 23.9 Å². The highest BCUT2D eigenvalue weighted by molar-refractivity contribution is 5.89. The van der Waals surface area contributed by atoms with Crippen molar-refractivity contribution in [2.75, 3.05) is 26.4 Å². The van der Waals surface area contributed by atoms with Gasteiger partial charge in [0.15, 0.2) is 0 Å². The van der Waals surface area contributed by atoms with Crippen molar-refractivity contribution in [3.63, 3.8) is 0 Å². The molecule has 0 aromatic carbocycles. The molecule has 1 amide bonds. The van der Waals surface area contributed by atoms with Crippen LogP contribution in [0.15, 0.2) is 35.5 Å². The number of nitrogens with zero attached hydrogens (tertiary/aromatic N) is 1. The molecule has 4 aliphatic carbocycles. The number of rotatable bonds is 13. The molecule has 4 aliphatic rings. The highest BCUT2D eigenvalue weighted by Gasteiger charge is 2.47. The van der Waals surface area contributed by atoms with Gasteiger partial charge in [0, 0.05) is 37.8 Å². The van der Waals surface area contributed by atoms with Crippen LogP contribution in [0, 0.1) is 29.1 Å². The number of esters is 1. The fourth-order valence-electron chi connectivity index (χ4n) is 6.42. The molecule has 0 aromatic heterocycles. The summed E-state index contributed by atoms with van der Waals surface area (Å²) in [5, 5.41) is 19.4. The van der Waals surface area contributed by atoms with Gasteiger partial charge in [-0.15, -0.1) is 0 Å². The van der Waals surface area contributed by atoms with Crippen LogP contribution in [0.4, 0.5) is 4.79 Å². The molecule has 0 aromatic rings. The summed E-state index contributed by atoms with van der Waals surface area (Å²) in [6.45, 7) is 13.2. The number of nitrogens with one attached hydrogen (secondary N) is 1. The molecular weight excluding hydrogens is 552 g/mol. The lowest BCUT2D eigenvalue weighted by molar-refractivity contribution is -0.161. The summed E-state index contributed by atoms with van der Waals surface area (Å²) in [7, 11) is 0. The minimum absolute atomic E-state index is 0.350. The Labute approximate surface area is 256 Å². The van der Waals surface area contributed by atoms with Crippen LogP contribution >= 0.6 is 0 Å². The number of carbonyl (C=O) groups is 4. The summed E-state index contributed by atoms with van der Waals surface area (Å²) in [6.07, 6.45) is 14.0. The Morgan fingerprint density at radius 3 is 1.91 bits per heavy atom. The van der Waals surface area contributed by atoms with E-state index in [4.69, 9.17) is 19.7 Å². The van der Waals surface area contributed by atoms with E-state index in [2.05, 4.69) is 38.2 Å². The van der Waals surface area contributed by atoms with Gasteiger partial charge in [-0.3, -0.25) is 4.79 Å². The molecule has 43 heavy (non-hydrogen) atoms. The fourth-order valence-corrected chi connectivity index (χ4v) is 6.42. The van der Waals surface area contributed by atoms with Crippen LogP contribution in [0.25, 0.3) is 0 Å². The Balaban J connectivity index is 0.000000708. The van der Waals surface area contributed by atoms with E-state index in [1.165, 1.54) is 43.3 Å². The average Bonchev–Trinajstić information content (AvgIpc) is 2.89. The molecular formula is C33H52N2O8. The maximum absolute atomic E-state index is 12.9. The first kappa shape index (κ1) is 36.1. The Morgan fingerprint density at radius 1 is 0.860 bits per heavy atom. The molecule has 0 heterocycles. The van der Waals surface area contributed by atoms with Gasteiger partial charge in [-0.2, -0.15) is 0 Å². The Kier molecular flexibility index (Phi) is 14.4. The van der Waals surface area contributed by atoms with Gasteiger partial charge in [-0.1, -0.05) is 23.3 Å². The quantitative estimate of drug-likeness (QED) is 0.103. The van der Waals surface area contributed by atoms with Gasteiger partial charge in [-0.25, -0.2) is 14.4 Å². The number of hydrogen-bond acceptors (Lipinski definition) is 7. The summed E-state index contributed by atoms with van der Waals surface area (Å²) in [5.74, 6) is 0.631. The summed E-state index contributed by atoms with van der Waals surface area (Å²) in [6, 6.07) is 0.592. The molecule has 4 saturated carbocycles. The zero-order valence-electron chi connectivity index (χ0n) is 26.8. The molecule has 3 N–H and O–H groups in total. The van der Waals surface area contributed by atoms with Crippen LogP contribution in [0.2, 0.25) is 0 Å². The first-order chi connectivity index (χ1) is 20.1. The maximum Gasteiger partial charge on any atom is 0.412 e. The molecule has 4 fully saturated rings. The van der Waals surface area contributed by atoms with Crippen LogP contribution in [0.5, 0.6) is 0 Å². The molecule has 0 saturated heterocycles. The number of aliphatic carboxylic acids is 2. The van der Waals surface area contributed by atoms with Gasteiger partial charge in [0.25, 0.3) is 0 Å². The van der Waals surface area contributed by atoms with E-state index in [9.17, 15) is 19.2 Å². The third-order valence-electron chi connectivity index (χ3n) is 8.35. The van der Waals surface area contributed by atoms with Crippen molar-refractivity contribution >= 4 is 24.0 Å². The fraction of sp³-hybridized carbons (Fsp3) is 0.697. The second-order valence-electron chi connectivity index (χ2n) is 13.4. The summed E-state index contributed by atoms with van der Waals surface area (Å²) >= 11 is 0. The normalized spacial score (nSPS) is 24.1. The smallest absolute Gasteiger partial charge is 0.412 e. The predicted octanol–water partition coefficient (Wildman–Crippen LogP) is 5.79. The third-order valence-corrected chi connectivity index (χ3v) is 8.35. The zero-order chi connectivity index (χ0) is 32.2. The summed E-state index contributed by atoms with van der Waals surface area (Å²) in [4.78, 5) is 45.7. The van der Waals surface area contributed by atoms with Gasteiger partial charge in [0.2, 0.25) is 6.79 Å². The van der Waals surface area contributed by atoms with Crippen LogP contribution < -0.4 is 5.32 Å². The van der Waals surface area contributed by atoms with E-state index in [0.717, 1.165) is 43.1 Å². The summed E-state index contributed by atoms with van der Waals surface area (Å²) in [5.41, 5.74) is 1.96. The van der Waals surface area contributed by atoms with Crippen LogP contribution in [0.3, 0.4) is 0 Å². The van der Waals surface area contributed by atoms with Crippen LogP contribution in [-0.4, -0.2) is 71.6 Å². The first-order valence-corrected chi connectivity index (χ1v) is 15.4. The maximum atomic E-state index is 12.9. The molecule has 0 unspecified atom stereocenters. The SMILES string of the molecule is CC(C)=CCC/C(C)=C/CN(CCNC1C2CC3CC(C2)CC1C3)C(=O)OCOC(=O)C(C)(C)C.O=C(O)/C=C\C(=O)O. The lowest BCUT2D eigenvalue weighted by Crippen LogP contribution is -2.55. The predicted molar refractivity (Wildman–Crippen MR) is 164 cm³/mol. The number of amides is 1. The molecule has 4 bridgehead atoms. The topological polar surface area (TPSA) is 142 Å². The molecule has 242 valence electrons. The molecule has 10 heteroatoms. The van der Waals surface area contributed by atoms with Crippen molar-refractivity contribution in [1.82, 2.24) is 10.2 Å². The number of hydrogen-bond donors (Lipinski definition) is 3. The van der Waals surface area contributed by atoms with Crippen molar-refractivity contribution in [2.45, 2.75) is 92.5 Å². The molecule has 0 spiro atoms. The highest BCUT2D eigenvalue weighted by Crippen LogP contribution is 2.53. The second-order valence-corrected chi connectivity index (χ2v) is 13.4.